The molecule has 0 aliphatic carbocycles. The first-order chi connectivity index (χ1) is 8.85. The summed E-state index contributed by atoms with van der Waals surface area (Å²) in [6.45, 7) is 5.40. The van der Waals surface area contributed by atoms with Gasteiger partial charge in [-0.25, -0.2) is 17.9 Å². The number of nitrogens with two attached hydrogens (primary N) is 1. The van der Waals surface area contributed by atoms with Crippen molar-refractivity contribution in [3.63, 3.8) is 0 Å². The first kappa shape index (κ1) is 18.9. The van der Waals surface area contributed by atoms with Crippen molar-refractivity contribution in [3.05, 3.63) is 17.0 Å². The smallest absolute Gasteiger partial charge is 0.355 e. The normalized spacial score (nSPS) is 11.0. The number of halogens is 1. The fourth-order valence-electron chi connectivity index (χ4n) is 1.81. The van der Waals surface area contributed by atoms with Crippen molar-refractivity contribution in [3.8, 4) is 0 Å². The Morgan fingerprint density at radius 3 is 2.50 bits per heavy atom. The summed E-state index contributed by atoms with van der Waals surface area (Å²) in [6.07, 6.45) is 0. The van der Waals surface area contributed by atoms with Crippen LogP contribution in [0.1, 0.15) is 28.7 Å². The monoisotopic (exact) mass is 325 g/mol. The van der Waals surface area contributed by atoms with Crippen LogP contribution in [0.25, 0.3) is 0 Å². The molecule has 0 aliphatic heterocycles. The van der Waals surface area contributed by atoms with Gasteiger partial charge < -0.3 is 15.5 Å². The highest BCUT2D eigenvalue weighted by molar-refractivity contribution is 7.89. The maximum absolute atomic E-state index is 12.1. The van der Waals surface area contributed by atoms with Gasteiger partial charge in [0.05, 0.1) is 6.61 Å². The highest BCUT2D eigenvalue weighted by Crippen LogP contribution is 2.23. The van der Waals surface area contributed by atoms with E-state index in [1.54, 1.807) is 20.8 Å². The zero-order valence-corrected chi connectivity index (χ0v) is 13.3. The number of hydrogen-bond acceptors (Lipinski definition) is 5. The molecule has 1 aromatic rings. The molecule has 0 saturated heterocycles. The van der Waals surface area contributed by atoms with E-state index in [4.69, 9.17) is 10.5 Å². The Morgan fingerprint density at radius 2 is 2.00 bits per heavy atom. The van der Waals surface area contributed by atoms with Gasteiger partial charge in [0.1, 0.15) is 10.6 Å². The van der Waals surface area contributed by atoms with Crippen molar-refractivity contribution in [1.82, 2.24) is 9.71 Å². The first-order valence-electron chi connectivity index (χ1n) is 5.91. The number of rotatable bonds is 6. The molecule has 0 radical (unpaired) electrons. The van der Waals surface area contributed by atoms with Crippen LogP contribution in [0.3, 0.4) is 0 Å². The summed E-state index contributed by atoms with van der Waals surface area (Å²) in [5, 5.41) is 0. The topological polar surface area (TPSA) is 114 Å². The van der Waals surface area contributed by atoms with E-state index in [0.29, 0.717) is 11.3 Å². The number of nitrogens with one attached hydrogen (secondary N) is 2. The number of esters is 1. The minimum atomic E-state index is -3.68. The molecule has 116 valence electrons. The van der Waals surface area contributed by atoms with E-state index >= 15 is 0 Å². The van der Waals surface area contributed by atoms with E-state index in [2.05, 4.69) is 9.71 Å². The van der Waals surface area contributed by atoms with E-state index in [-0.39, 0.29) is 42.7 Å². The van der Waals surface area contributed by atoms with Gasteiger partial charge in [-0.15, -0.1) is 12.4 Å². The molecule has 0 atom stereocenters. The Bertz CT molecular complexity index is 568. The van der Waals surface area contributed by atoms with E-state index in [1.165, 1.54) is 0 Å². The number of aromatic nitrogens is 1. The van der Waals surface area contributed by atoms with Gasteiger partial charge in [0, 0.05) is 24.3 Å². The van der Waals surface area contributed by atoms with Crippen LogP contribution in [-0.4, -0.2) is 39.1 Å². The first-order valence-corrected chi connectivity index (χ1v) is 7.39. The van der Waals surface area contributed by atoms with Crippen LogP contribution in [0.15, 0.2) is 4.90 Å². The number of aromatic amines is 1. The number of carbonyl (C=O) groups is 1. The third-order valence-corrected chi connectivity index (χ3v) is 4.29. The molecule has 1 aromatic heterocycles. The molecule has 0 aliphatic rings. The average Bonchev–Trinajstić information content (AvgIpc) is 2.63. The third kappa shape index (κ3) is 3.95. The summed E-state index contributed by atoms with van der Waals surface area (Å²) in [4.78, 5) is 14.5. The Labute approximate surface area is 124 Å². The van der Waals surface area contributed by atoms with E-state index in [0.717, 1.165) is 0 Å². The minimum Gasteiger partial charge on any atom is -0.461 e. The largest absolute Gasteiger partial charge is 0.461 e. The molecule has 9 heteroatoms. The number of aryl methyl sites for hydroxylation is 1. The van der Waals surface area contributed by atoms with Crippen molar-refractivity contribution in [2.24, 2.45) is 5.73 Å². The van der Waals surface area contributed by atoms with Gasteiger partial charge in [-0.05, 0) is 20.8 Å². The summed E-state index contributed by atoms with van der Waals surface area (Å²) in [5.74, 6) is -0.566. The maximum Gasteiger partial charge on any atom is 0.355 e. The summed E-state index contributed by atoms with van der Waals surface area (Å²) in [6, 6.07) is 0. The van der Waals surface area contributed by atoms with Crippen molar-refractivity contribution in [2.75, 3.05) is 19.7 Å². The molecule has 0 fully saturated rings. The molecule has 0 aromatic carbocycles. The summed E-state index contributed by atoms with van der Waals surface area (Å²) in [7, 11) is -3.68. The molecule has 20 heavy (non-hydrogen) atoms. The second kappa shape index (κ2) is 7.63. The second-order valence-corrected chi connectivity index (χ2v) is 5.69. The molecule has 7 nitrogen and oxygen atoms in total. The predicted molar refractivity (Wildman–Crippen MR) is 77.7 cm³/mol. The fourth-order valence-corrected chi connectivity index (χ4v) is 3.30. The molecule has 1 rings (SSSR count). The van der Waals surface area contributed by atoms with Gasteiger partial charge in [0.25, 0.3) is 0 Å². The Kier molecular flexibility index (Phi) is 7.21. The molecule has 0 bridgehead atoms. The lowest BCUT2D eigenvalue weighted by Crippen LogP contribution is -2.29. The summed E-state index contributed by atoms with van der Waals surface area (Å²) in [5.41, 5.74) is 6.17. The highest BCUT2D eigenvalue weighted by Gasteiger charge is 2.26. The molecule has 1 heterocycles. The van der Waals surface area contributed by atoms with E-state index in [1.807, 2.05) is 0 Å². The molecular weight excluding hydrogens is 306 g/mol. The molecule has 0 saturated carbocycles. The maximum atomic E-state index is 12.1. The van der Waals surface area contributed by atoms with Gasteiger partial charge >= 0.3 is 5.97 Å². The van der Waals surface area contributed by atoms with Gasteiger partial charge in [-0.3, -0.25) is 0 Å². The number of sulfonamides is 1. The summed E-state index contributed by atoms with van der Waals surface area (Å²) >= 11 is 0. The fraction of sp³-hybridized carbons (Fsp3) is 0.545. The van der Waals surface area contributed by atoms with Crippen LogP contribution in [0.4, 0.5) is 0 Å². The Balaban J connectivity index is 0.00000361. The molecular formula is C11H20ClN3O4S. The van der Waals surface area contributed by atoms with Crippen molar-refractivity contribution in [2.45, 2.75) is 25.7 Å². The van der Waals surface area contributed by atoms with Crippen LogP contribution in [-0.2, 0) is 14.8 Å². The number of carbonyl (C=O) groups excluding carboxylic acids is 1. The number of hydrogen-bond donors (Lipinski definition) is 3. The number of H-pyrrole nitrogens is 1. The Hall–Kier alpha value is -1.09. The van der Waals surface area contributed by atoms with Crippen LogP contribution in [0.5, 0.6) is 0 Å². The summed E-state index contributed by atoms with van der Waals surface area (Å²) < 4.78 is 31.4. The third-order valence-electron chi connectivity index (χ3n) is 2.55. The molecule has 4 N–H and O–H groups in total. The lowest BCUT2D eigenvalue weighted by molar-refractivity contribution is 0.0519. The quantitative estimate of drug-likeness (QED) is 0.658. The second-order valence-electron chi connectivity index (χ2n) is 3.99. The van der Waals surface area contributed by atoms with Crippen molar-refractivity contribution >= 4 is 28.4 Å². The minimum absolute atomic E-state index is 0. The van der Waals surface area contributed by atoms with Crippen LogP contribution < -0.4 is 10.5 Å². The van der Waals surface area contributed by atoms with E-state index < -0.39 is 16.0 Å². The Morgan fingerprint density at radius 1 is 1.40 bits per heavy atom. The van der Waals surface area contributed by atoms with Gasteiger partial charge in [0.2, 0.25) is 10.0 Å². The zero-order valence-electron chi connectivity index (χ0n) is 11.6. The van der Waals surface area contributed by atoms with Crippen molar-refractivity contribution in [1.29, 1.82) is 0 Å². The SMILES string of the molecule is CCOC(=O)c1[nH]c(C)c(S(=O)(=O)NCCN)c1C.Cl. The average molecular weight is 326 g/mol. The molecule has 0 unspecified atom stereocenters. The van der Waals surface area contributed by atoms with Crippen LogP contribution >= 0.6 is 12.4 Å². The van der Waals surface area contributed by atoms with E-state index in [9.17, 15) is 13.2 Å². The highest BCUT2D eigenvalue weighted by atomic mass is 35.5. The number of ether oxygens (including phenoxy) is 1. The van der Waals surface area contributed by atoms with Crippen LogP contribution in [0.2, 0.25) is 0 Å². The molecule has 0 amide bonds. The van der Waals surface area contributed by atoms with Gasteiger partial charge in [-0.2, -0.15) is 0 Å². The lowest BCUT2D eigenvalue weighted by Gasteiger charge is -2.06. The standard InChI is InChI=1S/C11H19N3O4S.ClH/c1-4-18-11(15)9-7(2)10(8(3)14-9)19(16,17)13-6-5-12;/h13-14H,4-6,12H2,1-3H3;1H. The molecule has 0 spiro atoms. The lowest BCUT2D eigenvalue weighted by atomic mass is 10.2. The van der Waals surface area contributed by atoms with Gasteiger partial charge in [-0.1, -0.05) is 0 Å². The zero-order chi connectivity index (χ0) is 14.6. The van der Waals surface area contributed by atoms with Crippen LogP contribution in [0, 0.1) is 13.8 Å². The van der Waals surface area contributed by atoms with Crippen molar-refractivity contribution < 1.29 is 17.9 Å². The predicted octanol–water partition coefficient (Wildman–Crippen LogP) is 0.467. The van der Waals surface area contributed by atoms with Gasteiger partial charge in [0.15, 0.2) is 0 Å².